The van der Waals surface area contributed by atoms with Crippen LogP contribution in [0.25, 0.3) is 0 Å². The number of amides is 2. The van der Waals surface area contributed by atoms with Gasteiger partial charge >= 0.3 is 0 Å². The highest BCUT2D eigenvalue weighted by atomic mass is 16.3. The molecule has 5 heteroatoms. The standard InChI is InChI=1S/C12H18N2O3/c1-9(2)3-5-13-11(15)7-14-12(16)10-4-6-17-8-10/h4,6,8-9H,3,5,7H2,1-2H3,(H,13,15)(H,14,16). The summed E-state index contributed by atoms with van der Waals surface area (Å²) in [5, 5.41) is 5.25. The Labute approximate surface area is 101 Å². The molecule has 0 saturated heterocycles. The first kappa shape index (κ1) is 13.3. The molecule has 0 radical (unpaired) electrons. The Balaban J connectivity index is 2.18. The van der Waals surface area contributed by atoms with Crippen molar-refractivity contribution >= 4 is 11.8 Å². The molecular weight excluding hydrogens is 220 g/mol. The van der Waals surface area contributed by atoms with Crippen LogP contribution in [0, 0.1) is 5.92 Å². The topological polar surface area (TPSA) is 71.3 Å². The Bertz CT molecular complexity index is 358. The molecule has 1 aromatic heterocycles. The molecule has 0 aliphatic rings. The Morgan fingerprint density at radius 2 is 2.12 bits per heavy atom. The fourth-order valence-corrected chi connectivity index (χ4v) is 1.22. The largest absolute Gasteiger partial charge is 0.472 e. The number of carbonyl (C=O) groups is 2. The third kappa shape index (κ3) is 5.19. The maximum atomic E-state index is 11.4. The Morgan fingerprint density at radius 3 is 2.71 bits per heavy atom. The lowest BCUT2D eigenvalue weighted by atomic mass is 10.1. The van der Waals surface area contributed by atoms with E-state index in [9.17, 15) is 9.59 Å². The second-order valence-electron chi connectivity index (χ2n) is 4.23. The van der Waals surface area contributed by atoms with E-state index >= 15 is 0 Å². The summed E-state index contributed by atoms with van der Waals surface area (Å²) in [6, 6.07) is 1.55. The van der Waals surface area contributed by atoms with Gasteiger partial charge in [-0.2, -0.15) is 0 Å². The Hall–Kier alpha value is -1.78. The molecule has 0 aliphatic carbocycles. The lowest BCUT2D eigenvalue weighted by molar-refractivity contribution is -0.120. The van der Waals surface area contributed by atoms with E-state index in [-0.39, 0.29) is 18.4 Å². The highest BCUT2D eigenvalue weighted by Gasteiger charge is 2.08. The van der Waals surface area contributed by atoms with Crippen molar-refractivity contribution in [2.75, 3.05) is 13.1 Å². The zero-order valence-corrected chi connectivity index (χ0v) is 10.2. The average Bonchev–Trinajstić information content (AvgIpc) is 2.78. The van der Waals surface area contributed by atoms with Crippen molar-refractivity contribution in [3.8, 4) is 0 Å². The van der Waals surface area contributed by atoms with E-state index in [2.05, 4.69) is 24.5 Å². The summed E-state index contributed by atoms with van der Waals surface area (Å²) < 4.78 is 4.77. The maximum absolute atomic E-state index is 11.4. The summed E-state index contributed by atoms with van der Waals surface area (Å²) in [4.78, 5) is 22.8. The fourth-order valence-electron chi connectivity index (χ4n) is 1.22. The van der Waals surface area contributed by atoms with Crippen LogP contribution in [0.5, 0.6) is 0 Å². The lowest BCUT2D eigenvalue weighted by Gasteiger charge is -2.07. The quantitative estimate of drug-likeness (QED) is 0.781. The van der Waals surface area contributed by atoms with Gasteiger partial charge in [0, 0.05) is 6.54 Å². The van der Waals surface area contributed by atoms with Crippen molar-refractivity contribution in [2.24, 2.45) is 5.92 Å². The smallest absolute Gasteiger partial charge is 0.254 e. The number of hydrogen-bond donors (Lipinski definition) is 2. The molecule has 0 aliphatic heterocycles. The maximum Gasteiger partial charge on any atom is 0.254 e. The van der Waals surface area contributed by atoms with Gasteiger partial charge < -0.3 is 15.1 Å². The molecule has 94 valence electrons. The number of nitrogens with one attached hydrogen (secondary N) is 2. The van der Waals surface area contributed by atoms with E-state index < -0.39 is 0 Å². The fraction of sp³-hybridized carbons (Fsp3) is 0.500. The van der Waals surface area contributed by atoms with Crippen LogP contribution in [0.1, 0.15) is 30.6 Å². The molecule has 1 heterocycles. The van der Waals surface area contributed by atoms with Crippen molar-refractivity contribution in [1.29, 1.82) is 0 Å². The zero-order valence-electron chi connectivity index (χ0n) is 10.2. The number of furan rings is 1. The van der Waals surface area contributed by atoms with Crippen LogP contribution in [0.15, 0.2) is 23.0 Å². The monoisotopic (exact) mass is 238 g/mol. The van der Waals surface area contributed by atoms with Crippen molar-refractivity contribution in [3.63, 3.8) is 0 Å². The summed E-state index contributed by atoms with van der Waals surface area (Å²) in [5.74, 6) is 0.0658. The second kappa shape index (κ2) is 6.73. The zero-order chi connectivity index (χ0) is 12.7. The van der Waals surface area contributed by atoms with Crippen molar-refractivity contribution in [2.45, 2.75) is 20.3 Å². The molecule has 2 N–H and O–H groups in total. The highest BCUT2D eigenvalue weighted by molar-refractivity contribution is 5.96. The molecule has 0 saturated carbocycles. The molecule has 1 aromatic rings. The number of carbonyl (C=O) groups excluding carboxylic acids is 2. The minimum Gasteiger partial charge on any atom is -0.472 e. The second-order valence-corrected chi connectivity index (χ2v) is 4.23. The first-order valence-electron chi connectivity index (χ1n) is 5.66. The van der Waals surface area contributed by atoms with Crippen molar-refractivity contribution in [3.05, 3.63) is 24.2 Å². The van der Waals surface area contributed by atoms with E-state index in [1.54, 1.807) is 6.07 Å². The minimum atomic E-state index is -0.308. The van der Waals surface area contributed by atoms with Gasteiger partial charge in [0.1, 0.15) is 6.26 Å². The Kier molecular flexibility index (Phi) is 5.26. The van der Waals surface area contributed by atoms with Gasteiger partial charge in [0.15, 0.2) is 0 Å². The third-order valence-electron chi connectivity index (χ3n) is 2.24. The van der Waals surface area contributed by atoms with Crippen LogP contribution >= 0.6 is 0 Å². The van der Waals surface area contributed by atoms with E-state index in [0.29, 0.717) is 18.0 Å². The van der Waals surface area contributed by atoms with Gasteiger partial charge in [-0.3, -0.25) is 9.59 Å². The van der Waals surface area contributed by atoms with Crippen LogP contribution in [0.2, 0.25) is 0 Å². The van der Waals surface area contributed by atoms with Crippen LogP contribution in [-0.2, 0) is 4.79 Å². The van der Waals surface area contributed by atoms with Gasteiger partial charge in [-0.1, -0.05) is 13.8 Å². The molecule has 0 fully saturated rings. The predicted molar refractivity (Wildman–Crippen MR) is 63.5 cm³/mol. The summed E-state index contributed by atoms with van der Waals surface area (Å²) in [6.45, 7) is 4.81. The highest BCUT2D eigenvalue weighted by Crippen LogP contribution is 1.98. The average molecular weight is 238 g/mol. The van der Waals surface area contributed by atoms with Crippen LogP contribution < -0.4 is 10.6 Å². The number of hydrogen-bond acceptors (Lipinski definition) is 3. The third-order valence-corrected chi connectivity index (χ3v) is 2.24. The van der Waals surface area contributed by atoms with Crippen LogP contribution in [0.4, 0.5) is 0 Å². The molecule has 5 nitrogen and oxygen atoms in total. The van der Waals surface area contributed by atoms with Gasteiger partial charge in [0.25, 0.3) is 5.91 Å². The molecule has 1 rings (SSSR count). The van der Waals surface area contributed by atoms with Crippen LogP contribution in [0.3, 0.4) is 0 Å². The summed E-state index contributed by atoms with van der Waals surface area (Å²) in [5.41, 5.74) is 0.417. The number of rotatable bonds is 6. The summed E-state index contributed by atoms with van der Waals surface area (Å²) >= 11 is 0. The molecule has 0 atom stereocenters. The molecule has 0 unspecified atom stereocenters. The van der Waals surface area contributed by atoms with E-state index in [4.69, 9.17) is 4.42 Å². The Morgan fingerprint density at radius 1 is 1.35 bits per heavy atom. The molecule has 0 aromatic carbocycles. The molecule has 0 spiro atoms. The summed E-state index contributed by atoms with van der Waals surface area (Å²) in [7, 11) is 0. The van der Waals surface area contributed by atoms with E-state index in [1.165, 1.54) is 12.5 Å². The van der Waals surface area contributed by atoms with Crippen molar-refractivity contribution in [1.82, 2.24) is 10.6 Å². The van der Waals surface area contributed by atoms with Gasteiger partial charge in [0.05, 0.1) is 18.4 Å². The minimum absolute atomic E-state index is 0.0118. The molecular formula is C12H18N2O3. The summed E-state index contributed by atoms with van der Waals surface area (Å²) in [6.07, 6.45) is 3.69. The lowest BCUT2D eigenvalue weighted by Crippen LogP contribution is -2.37. The first-order chi connectivity index (χ1) is 8.09. The predicted octanol–water partition coefficient (Wildman–Crippen LogP) is 1.17. The molecule has 17 heavy (non-hydrogen) atoms. The van der Waals surface area contributed by atoms with E-state index in [0.717, 1.165) is 6.42 Å². The molecule has 2 amide bonds. The van der Waals surface area contributed by atoms with Gasteiger partial charge in [-0.05, 0) is 18.4 Å². The van der Waals surface area contributed by atoms with Gasteiger partial charge in [0.2, 0.25) is 5.91 Å². The normalized spacial score (nSPS) is 10.3. The van der Waals surface area contributed by atoms with Crippen molar-refractivity contribution < 1.29 is 14.0 Å². The first-order valence-corrected chi connectivity index (χ1v) is 5.66. The molecule has 0 bridgehead atoms. The van der Waals surface area contributed by atoms with Gasteiger partial charge in [-0.25, -0.2) is 0 Å². The van der Waals surface area contributed by atoms with E-state index in [1.807, 2.05) is 0 Å². The SMILES string of the molecule is CC(C)CCNC(=O)CNC(=O)c1ccoc1. The van der Waals surface area contributed by atoms with Crippen LogP contribution in [-0.4, -0.2) is 24.9 Å². The van der Waals surface area contributed by atoms with Gasteiger partial charge in [-0.15, -0.1) is 0 Å².